The highest BCUT2D eigenvalue weighted by Crippen LogP contribution is 2.37. The zero-order chi connectivity index (χ0) is 15.5. The lowest BCUT2D eigenvalue weighted by Crippen LogP contribution is -2.16. The van der Waals surface area contributed by atoms with Gasteiger partial charge in [-0.3, -0.25) is 4.79 Å². The van der Waals surface area contributed by atoms with Crippen molar-refractivity contribution in [3.8, 4) is 11.5 Å². The van der Waals surface area contributed by atoms with Crippen LogP contribution in [-0.2, 0) is 4.79 Å². The summed E-state index contributed by atoms with van der Waals surface area (Å²) in [6.45, 7) is 0.957. The second kappa shape index (κ2) is 6.62. The zero-order valence-corrected chi connectivity index (χ0v) is 14.2. The molecule has 0 fully saturated rings. The van der Waals surface area contributed by atoms with Crippen LogP contribution in [0.15, 0.2) is 34.8 Å². The van der Waals surface area contributed by atoms with Gasteiger partial charge in [0, 0.05) is 18.2 Å². The molecule has 0 spiro atoms. The van der Waals surface area contributed by atoms with E-state index in [4.69, 9.17) is 25.5 Å². The minimum Gasteiger partial charge on any atom is -0.486 e. The number of ether oxygens (including phenoxy) is 2. The van der Waals surface area contributed by atoms with Crippen molar-refractivity contribution in [2.75, 3.05) is 18.5 Å². The quantitative estimate of drug-likeness (QED) is 0.590. The molecule has 0 saturated carbocycles. The molecule has 1 aliphatic rings. The number of anilines is 1. The summed E-state index contributed by atoms with van der Waals surface area (Å²) < 4.78 is 17.0. The summed E-state index contributed by atoms with van der Waals surface area (Å²) in [6.07, 6.45) is 2.96. The van der Waals surface area contributed by atoms with Crippen LogP contribution in [0.25, 0.3) is 6.08 Å². The Hall–Kier alpha value is -1.67. The topological polar surface area (TPSA) is 60.7 Å². The minimum atomic E-state index is -0.315. The number of benzene rings is 1. The van der Waals surface area contributed by atoms with Gasteiger partial charge in [-0.2, -0.15) is 0 Å². The van der Waals surface area contributed by atoms with E-state index in [1.807, 2.05) is 6.07 Å². The van der Waals surface area contributed by atoms with Crippen molar-refractivity contribution in [1.29, 1.82) is 0 Å². The summed E-state index contributed by atoms with van der Waals surface area (Å²) in [7, 11) is 0. The number of rotatable bonds is 3. The van der Waals surface area contributed by atoms with Gasteiger partial charge in [0.1, 0.15) is 19.0 Å². The van der Waals surface area contributed by atoms with Crippen molar-refractivity contribution in [2.45, 2.75) is 0 Å². The van der Waals surface area contributed by atoms with Gasteiger partial charge in [0.05, 0.1) is 10.7 Å². The predicted octanol–water partition coefficient (Wildman–Crippen LogP) is 3.96. The number of hydrogen-bond acceptors (Lipinski definition) is 4. The van der Waals surface area contributed by atoms with Gasteiger partial charge >= 0.3 is 0 Å². The Morgan fingerprint density at radius 3 is 2.64 bits per heavy atom. The third-order valence-electron chi connectivity index (χ3n) is 2.88. The van der Waals surface area contributed by atoms with Crippen molar-refractivity contribution < 1.29 is 18.7 Å². The Morgan fingerprint density at radius 1 is 1.23 bits per heavy atom. The summed E-state index contributed by atoms with van der Waals surface area (Å²) in [5.74, 6) is 1.43. The number of carbonyl (C=O) groups is 1. The maximum atomic E-state index is 11.9. The molecule has 2 aromatic rings. The van der Waals surface area contributed by atoms with Gasteiger partial charge in [0.15, 0.2) is 15.3 Å². The number of amides is 1. The predicted molar refractivity (Wildman–Crippen MR) is 91.5 cm³/mol. The average Bonchev–Trinajstić information content (AvgIpc) is 2.91. The normalized spacial score (nSPS) is 13.4. The Balaban J connectivity index is 1.72. The molecular formula is C15H11ClINO4. The molecule has 0 radical (unpaired) electrons. The Bertz CT molecular complexity index is 741. The van der Waals surface area contributed by atoms with Crippen LogP contribution in [0.3, 0.4) is 0 Å². The van der Waals surface area contributed by atoms with Crippen molar-refractivity contribution in [3.63, 3.8) is 0 Å². The summed E-state index contributed by atoms with van der Waals surface area (Å²) in [5, 5.41) is 3.09. The molecule has 1 amide bonds. The van der Waals surface area contributed by atoms with Gasteiger partial charge in [-0.15, -0.1) is 0 Å². The SMILES string of the molecule is O=C(/C=C/c1ccc(I)o1)Nc1cc2c(cc1Cl)OCCO2. The lowest BCUT2D eigenvalue weighted by Gasteiger charge is -2.19. The molecule has 0 bridgehead atoms. The first-order valence-electron chi connectivity index (χ1n) is 6.45. The van der Waals surface area contributed by atoms with Crippen molar-refractivity contribution in [1.82, 2.24) is 0 Å². The van der Waals surface area contributed by atoms with Crippen LogP contribution in [0.5, 0.6) is 11.5 Å². The van der Waals surface area contributed by atoms with Gasteiger partial charge < -0.3 is 19.2 Å². The first-order chi connectivity index (χ1) is 10.6. The van der Waals surface area contributed by atoms with E-state index in [9.17, 15) is 4.79 Å². The standard InChI is InChI=1S/C15H11ClINO4/c16-10-7-12-13(21-6-5-20-12)8-11(10)18-15(19)4-2-9-1-3-14(17)22-9/h1-4,7-8H,5-6H2,(H,18,19)/b4-2+. The van der Waals surface area contributed by atoms with Gasteiger partial charge in [0.2, 0.25) is 5.91 Å². The number of furan rings is 1. The molecule has 7 heteroatoms. The van der Waals surface area contributed by atoms with E-state index in [0.717, 1.165) is 3.77 Å². The monoisotopic (exact) mass is 431 g/mol. The number of hydrogen-bond donors (Lipinski definition) is 1. The fourth-order valence-corrected chi connectivity index (χ4v) is 2.54. The molecule has 0 saturated heterocycles. The molecule has 1 aromatic heterocycles. The number of nitrogens with one attached hydrogen (secondary N) is 1. The van der Waals surface area contributed by atoms with Crippen LogP contribution in [0.2, 0.25) is 5.02 Å². The lowest BCUT2D eigenvalue weighted by atomic mass is 10.2. The molecular weight excluding hydrogens is 421 g/mol. The maximum Gasteiger partial charge on any atom is 0.248 e. The van der Waals surface area contributed by atoms with Crippen LogP contribution < -0.4 is 14.8 Å². The van der Waals surface area contributed by atoms with Crippen LogP contribution in [0.4, 0.5) is 5.69 Å². The van der Waals surface area contributed by atoms with Crippen molar-refractivity contribution >= 4 is 51.9 Å². The van der Waals surface area contributed by atoms with Crippen LogP contribution in [-0.4, -0.2) is 19.1 Å². The molecule has 1 aliphatic heterocycles. The first-order valence-corrected chi connectivity index (χ1v) is 7.91. The molecule has 0 atom stereocenters. The molecule has 0 aliphatic carbocycles. The van der Waals surface area contributed by atoms with E-state index in [2.05, 4.69) is 27.9 Å². The Morgan fingerprint density at radius 2 is 1.95 bits per heavy atom. The molecule has 2 heterocycles. The fraction of sp³-hybridized carbons (Fsp3) is 0.133. The molecule has 0 unspecified atom stereocenters. The minimum absolute atomic E-state index is 0.315. The van der Waals surface area contributed by atoms with Crippen molar-refractivity contribution in [2.24, 2.45) is 0 Å². The number of halogens is 2. The molecule has 1 N–H and O–H groups in total. The highest BCUT2D eigenvalue weighted by molar-refractivity contribution is 14.1. The van der Waals surface area contributed by atoms with Gasteiger partial charge in [-0.1, -0.05) is 11.6 Å². The largest absolute Gasteiger partial charge is 0.486 e. The van der Waals surface area contributed by atoms with Gasteiger partial charge in [-0.05, 0) is 40.8 Å². The maximum absolute atomic E-state index is 11.9. The van der Waals surface area contributed by atoms with E-state index in [1.54, 1.807) is 24.3 Å². The van der Waals surface area contributed by atoms with Crippen LogP contribution in [0.1, 0.15) is 5.76 Å². The summed E-state index contributed by atoms with van der Waals surface area (Å²) in [6, 6.07) is 6.88. The van der Waals surface area contributed by atoms with Crippen LogP contribution >= 0.6 is 34.2 Å². The highest BCUT2D eigenvalue weighted by atomic mass is 127. The fourth-order valence-electron chi connectivity index (χ4n) is 1.91. The second-order valence-corrected chi connectivity index (χ2v) is 5.91. The molecule has 22 heavy (non-hydrogen) atoms. The van der Waals surface area contributed by atoms with Gasteiger partial charge in [0.25, 0.3) is 0 Å². The van der Waals surface area contributed by atoms with E-state index in [0.29, 0.717) is 41.2 Å². The van der Waals surface area contributed by atoms with E-state index < -0.39 is 0 Å². The van der Waals surface area contributed by atoms with E-state index in [1.165, 1.54) is 6.08 Å². The molecule has 1 aromatic carbocycles. The van der Waals surface area contributed by atoms with Gasteiger partial charge in [-0.25, -0.2) is 0 Å². The summed E-state index contributed by atoms with van der Waals surface area (Å²) in [5.41, 5.74) is 0.467. The third kappa shape index (κ3) is 3.56. The third-order valence-corrected chi connectivity index (χ3v) is 3.78. The second-order valence-electron chi connectivity index (χ2n) is 4.44. The molecule has 5 nitrogen and oxygen atoms in total. The Labute approximate surface area is 145 Å². The zero-order valence-electron chi connectivity index (χ0n) is 11.3. The highest BCUT2D eigenvalue weighted by Gasteiger charge is 2.15. The molecule has 3 rings (SSSR count). The molecule has 114 valence electrons. The smallest absolute Gasteiger partial charge is 0.248 e. The first kappa shape index (κ1) is 15.2. The number of carbonyl (C=O) groups excluding carboxylic acids is 1. The lowest BCUT2D eigenvalue weighted by molar-refractivity contribution is -0.111. The van der Waals surface area contributed by atoms with Crippen LogP contribution in [0, 0.1) is 3.77 Å². The number of fused-ring (bicyclic) bond motifs is 1. The van der Waals surface area contributed by atoms with E-state index >= 15 is 0 Å². The summed E-state index contributed by atoms with van der Waals surface area (Å²) in [4.78, 5) is 11.9. The van der Waals surface area contributed by atoms with E-state index in [-0.39, 0.29) is 5.91 Å². The summed E-state index contributed by atoms with van der Waals surface area (Å²) >= 11 is 8.19. The van der Waals surface area contributed by atoms with Crippen molar-refractivity contribution in [3.05, 3.63) is 44.9 Å². The Kier molecular flexibility index (Phi) is 4.58. The average molecular weight is 432 g/mol.